The Kier molecular flexibility index (Phi) is 23.4. The van der Waals surface area contributed by atoms with Gasteiger partial charge in [-0.3, -0.25) is 9.98 Å². The normalized spacial score (nSPS) is 12.4. The standard InChI is InChI=1S/C27H30N4S2.C5H12.C4H8.C3H8/c1-21-10-11-24(18-23(21)20-29-19-22-8-4-5-9-27(22)28-2)30-33-26-14-12-25(13-15-26)31-16-6-3-7-17-32-31;1-3-5-4-2;1-3-4-2;1-3-2/h4-5,8-15,18-19,30H,2-3,6-7,16-17,20H2,1H3;3-5H2,1-2H3;3H,1,4H2,2H3;3H2,1-2H3. The van der Waals surface area contributed by atoms with Gasteiger partial charge in [0.1, 0.15) is 0 Å². The van der Waals surface area contributed by atoms with Crippen LogP contribution in [0.2, 0.25) is 0 Å². The molecule has 0 bridgehead atoms. The van der Waals surface area contributed by atoms with Crippen LogP contribution in [-0.2, 0) is 6.54 Å². The maximum atomic E-state index is 4.65. The molecule has 1 aliphatic heterocycles. The molecule has 1 saturated heterocycles. The van der Waals surface area contributed by atoms with Gasteiger partial charge in [-0.1, -0.05) is 97.1 Å². The van der Waals surface area contributed by atoms with Crippen molar-refractivity contribution in [2.75, 3.05) is 21.3 Å². The molecule has 1 N–H and O–H groups in total. The fourth-order valence-corrected chi connectivity index (χ4v) is 5.73. The Bertz CT molecular complexity index is 1210. The van der Waals surface area contributed by atoms with Gasteiger partial charge in [0.2, 0.25) is 0 Å². The number of aliphatic imine (C=N–C) groups is 2. The number of para-hydroxylation sites is 1. The van der Waals surface area contributed by atoms with Crippen molar-refractivity contribution < 1.29 is 0 Å². The second-order valence-electron chi connectivity index (χ2n) is 10.8. The average molecular weight is 647 g/mol. The van der Waals surface area contributed by atoms with Crippen LogP contribution in [-0.4, -0.2) is 25.2 Å². The quantitative estimate of drug-likeness (QED) is 0.128. The van der Waals surface area contributed by atoms with E-state index in [9.17, 15) is 0 Å². The largest absolute Gasteiger partial charge is 0.326 e. The number of allylic oxidation sites excluding steroid dienone is 1. The van der Waals surface area contributed by atoms with Crippen LogP contribution < -0.4 is 9.03 Å². The van der Waals surface area contributed by atoms with E-state index >= 15 is 0 Å². The molecule has 3 aromatic rings. The van der Waals surface area contributed by atoms with Crippen LogP contribution in [0.25, 0.3) is 0 Å². The van der Waals surface area contributed by atoms with Crippen LogP contribution in [0, 0.1) is 6.92 Å². The van der Waals surface area contributed by atoms with Gasteiger partial charge in [0.15, 0.2) is 0 Å². The predicted molar refractivity (Wildman–Crippen MR) is 209 cm³/mol. The van der Waals surface area contributed by atoms with Gasteiger partial charge in [0.05, 0.1) is 12.2 Å². The van der Waals surface area contributed by atoms with Crippen LogP contribution in [0.15, 0.2) is 94.3 Å². The summed E-state index contributed by atoms with van der Waals surface area (Å²) in [6.45, 7) is 21.7. The van der Waals surface area contributed by atoms with Crippen LogP contribution >= 0.6 is 23.9 Å². The van der Waals surface area contributed by atoms with Crippen molar-refractivity contribution in [3.05, 3.63) is 96.1 Å². The first-order valence-corrected chi connectivity index (χ1v) is 18.4. The molecule has 0 atom stereocenters. The van der Waals surface area contributed by atoms with E-state index in [1.54, 1.807) is 11.9 Å². The highest BCUT2D eigenvalue weighted by Crippen LogP contribution is 2.30. The van der Waals surface area contributed by atoms with Crippen molar-refractivity contribution in [2.45, 2.75) is 104 Å². The summed E-state index contributed by atoms with van der Waals surface area (Å²) >= 11 is 3.59. The Morgan fingerprint density at radius 3 is 2.24 bits per heavy atom. The molecule has 1 heterocycles. The number of nitrogens with one attached hydrogen (secondary N) is 1. The highest BCUT2D eigenvalue weighted by atomic mass is 32.2. The van der Waals surface area contributed by atoms with Gasteiger partial charge in [-0.05, 0) is 110 Å². The van der Waals surface area contributed by atoms with E-state index in [-0.39, 0.29) is 0 Å². The van der Waals surface area contributed by atoms with Gasteiger partial charge in [-0.2, -0.15) is 0 Å². The summed E-state index contributed by atoms with van der Waals surface area (Å²) in [5.41, 5.74) is 6.65. The highest BCUT2D eigenvalue weighted by Gasteiger charge is 2.10. The van der Waals surface area contributed by atoms with Gasteiger partial charge in [-0.25, -0.2) is 0 Å². The Hall–Kier alpha value is -2.96. The molecule has 6 heteroatoms. The van der Waals surface area contributed by atoms with E-state index in [2.05, 4.69) is 116 Å². The molecule has 0 aromatic heterocycles. The molecule has 0 radical (unpaired) electrons. The summed E-state index contributed by atoms with van der Waals surface area (Å²) < 4.78 is 5.92. The van der Waals surface area contributed by atoms with Gasteiger partial charge in [0, 0.05) is 40.3 Å². The topological polar surface area (TPSA) is 40.0 Å². The second kappa shape index (κ2) is 26.3. The van der Waals surface area contributed by atoms with Crippen molar-refractivity contribution in [2.24, 2.45) is 9.98 Å². The predicted octanol–water partition coefficient (Wildman–Crippen LogP) is 12.9. The molecule has 45 heavy (non-hydrogen) atoms. The first-order chi connectivity index (χ1) is 22.0. The smallest absolute Gasteiger partial charge is 0.0710 e. The van der Waals surface area contributed by atoms with Crippen LogP contribution in [0.4, 0.5) is 17.1 Å². The molecule has 246 valence electrons. The molecule has 4 nitrogen and oxygen atoms in total. The Labute approximate surface area is 284 Å². The van der Waals surface area contributed by atoms with Crippen molar-refractivity contribution in [3.63, 3.8) is 0 Å². The third-order valence-electron chi connectivity index (χ3n) is 6.61. The van der Waals surface area contributed by atoms with Crippen molar-refractivity contribution in [1.29, 1.82) is 0 Å². The number of rotatable bonds is 11. The van der Waals surface area contributed by atoms with E-state index < -0.39 is 0 Å². The number of unbranched alkanes of at least 4 members (excludes halogenated alkanes) is 2. The second-order valence-corrected chi connectivity index (χ2v) is 12.8. The lowest BCUT2D eigenvalue weighted by atomic mass is 10.1. The molecule has 0 spiro atoms. The lowest BCUT2D eigenvalue weighted by Crippen LogP contribution is -2.14. The number of nitrogens with zero attached hydrogens (tertiary/aromatic N) is 3. The monoisotopic (exact) mass is 646 g/mol. The van der Waals surface area contributed by atoms with Crippen molar-refractivity contribution in [3.8, 4) is 0 Å². The number of hydrogen-bond acceptors (Lipinski definition) is 6. The van der Waals surface area contributed by atoms with E-state index in [0.717, 1.165) is 29.9 Å². The third-order valence-corrected chi connectivity index (χ3v) is 8.63. The van der Waals surface area contributed by atoms with Crippen molar-refractivity contribution >= 4 is 53.9 Å². The van der Waals surface area contributed by atoms with Gasteiger partial charge >= 0.3 is 0 Å². The Morgan fingerprint density at radius 1 is 0.933 bits per heavy atom. The molecule has 3 aromatic carbocycles. The minimum atomic E-state index is 0.625. The van der Waals surface area contributed by atoms with E-state index in [1.165, 1.54) is 72.4 Å². The third kappa shape index (κ3) is 17.4. The molecular weight excluding hydrogens is 589 g/mol. The van der Waals surface area contributed by atoms with E-state index in [0.29, 0.717) is 6.54 Å². The summed E-state index contributed by atoms with van der Waals surface area (Å²) in [5.74, 6) is 1.22. The Balaban J connectivity index is 0.000000725. The maximum absolute atomic E-state index is 4.65. The highest BCUT2D eigenvalue weighted by molar-refractivity contribution is 8.00. The SMILES string of the molecule is C=CCC.C=Nc1ccccc1C=NCc1cc(NSc2ccc(N3CCCCCS3)cc2)ccc1C.CCC.CCCCC. The van der Waals surface area contributed by atoms with E-state index in [4.69, 9.17) is 0 Å². The first kappa shape index (κ1) is 40.1. The summed E-state index contributed by atoms with van der Waals surface area (Å²) in [4.78, 5) is 9.91. The first-order valence-electron chi connectivity index (χ1n) is 16.7. The average Bonchev–Trinajstić information content (AvgIpc) is 3.36. The summed E-state index contributed by atoms with van der Waals surface area (Å²) in [5, 5.41) is 0. The molecule has 0 saturated carbocycles. The molecular formula is C39H58N4S2. The maximum Gasteiger partial charge on any atom is 0.0710 e. The van der Waals surface area contributed by atoms with Crippen LogP contribution in [0.3, 0.4) is 0 Å². The number of anilines is 2. The van der Waals surface area contributed by atoms with Gasteiger partial charge in [-0.15, -0.1) is 6.58 Å². The van der Waals surface area contributed by atoms with Crippen LogP contribution in [0.1, 0.15) is 103 Å². The molecule has 0 amide bonds. The summed E-state index contributed by atoms with van der Waals surface area (Å²) in [6.07, 6.45) is 14.1. The molecule has 4 rings (SSSR count). The minimum absolute atomic E-state index is 0.625. The zero-order valence-electron chi connectivity index (χ0n) is 28.9. The van der Waals surface area contributed by atoms with Crippen molar-refractivity contribution in [1.82, 2.24) is 0 Å². The van der Waals surface area contributed by atoms with Gasteiger partial charge < -0.3 is 9.03 Å². The fourth-order valence-electron chi connectivity index (χ4n) is 4.02. The number of benzene rings is 3. The van der Waals surface area contributed by atoms with Crippen LogP contribution in [0.5, 0.6) is 0 Å². The lowest BCUT2D eigenvalue weighted by molar-refractivity contribution is 0.751. The zero-order chi connectivity index (χ0) is 33.1. The number of hydrogen-bond donors (Lipinski definition) is 1. The minimum Gasteiger partial charge on any atom is -0.326 e. The molecule has 1 fully saturated rings. The zero-order valence-corrected chi connectivity index (χ0v) is 30.5. The number of aryl methyl sites for hydroxylation is 1. The molecule has 0 aliphatic carbocycles. The summed E-state index contributed by atoms with van der Waals surface area (Å²) in [7, 11) is 0. The van der Waals surface area contributed by atoms with E-state index in [1.807, 2.05) is 48.5 Å². The molecule has 0 unspecified atom stereocenters. The fraction of sp³-hybridized carbons (Fsp3) is 0.436. The lowest BCUT2D eigenvalue weighted by Gasteiger charge is -2.21. The molecule has 1 aliphatic rings. The van der Waals surface area contributed by atoms with Gasteiger partial charge in [0.25, 0.3) is 0 Å². The Morgan fingerprint density at radius 2 is 1.62 bits per heavy atom. The summed E-state index contributed by atoms with van der Waals surface area (Å²) in [6, 6.07) is 23.2.